The molecule has 0 atom stereocenters. The van der Waals surface area contributed by atoms with Crippen LogP contribution >= 0.6 is 15.9 Å². The van der Waals surface area contributed by atoms with Crippen LogP contribution in [0, 0.1) is 0 Å². The molecule has 0 N–H and O–H groups in total. The third-order valence-corrected chi connectivity index (χ3v) is 2.44. The zero-order valence-corrected chi connectivity index (χ0v) is 8.93. The van der Waals surface area contributed by atoms with E-state index in [-0.39, 0.29) is 0 Å². The molecule has 0 aliphatic heterocycles. The molecule has 0 aromatic heterocycles. The highest BCUT2D eigenvalue weighted by Crippen LogP contribution is 1.95. The van der Waals surface area contributed by atoms with Crippen LogP contribution in [0.15, 0.2) is 0 Å². The van der Waals surface area contributed by atoms with Gasteiger partial charge in [0.05, 0.1) is 0 Å². The van der Waals surface area contributed by atoms with Gasteiger partial charge in [0.1, 0.15) is 0 Å². The molecule has 0 amide bonds. The summed E-state index contributed by atoms with van der Waals surface area (Å²) >= 11 is 3.37. The van der Waals surface area contributed by atoms with Gasteiger partial charge in [-0.15, -0.1) is 0 Å². The Kier molecular flexibility index (Phi) is 7.27. The Morgan fingerprint density at radius 2 is 2.00 bits per heavy atom. The molecule has 0 saturated carbocycles. The maximum Gasteiger partial charge on any atom is 0.170 e. The summed E-state index contributed by atoms with van der Waals surface area (Å²) in [4.78, 5) is 0. The van der Waals surface area contributed by atoms with E-state index in [2.05, 4.69) is 29.0 Å². The molecule has 0 rings (SSSR count). The zero-order chi connectivity index (χ0) is 7.11. The summed E-state index contributed by atoms with van der Waals surface area (Å²) in [6.45, 7) is 5.37. The molecule has 9 heavy (non-hydrogen) atoms. The van der Waals surface area contributed by atoms with Gasteiger partial charge >= 0.3 is 0 Å². The first kappa shape index (κ1) is 9.66. The van der Waals surface area contributed by atoms with E-state index < -0.39 is 9.04 Å². The number of hydrogen-bond donors (Lipinski definition) is 0. The second-order valence-corrected chi connectivity index (χ2v) is 5.54. The lowest BCUT2D eigenvalue weighted by Gasteiger charge is -2.04. The molecule has 0 aliphatic rings. The molecule has 0 heterocycles. The number of alkyl halides is 1. The zero-order valence-electron chi connectivity index (χ0n) is 6.19. The van der Waals surface area contributed by atoms with Crippen LogP contribution in [0.1, 0.15) is 12.8 Å². The van der Waals surface area contributed by atoms with Gasteiger partial charge in [0.15, 0.2) is 9.04 Å². The van der Waals surface area contributed by atoms with Crippen LogP contribution in [0.2, 0.25) is 13.1 Å². The number of hydrogen-bond acceptors (Lipinski definition) is 1. The van der Waals surface area contributed by atoms with Gasteiger partial charge in [0.2, 0.25) is 0 Å². The van der Waals surface area contributed by atoms with E-state index in [4.69, 9.17) is 4.43 Å². The van der Waals surface area contributed by atoms with Crippen LogP contribution in [0.5, 0.6) is 0 Å². The topological polar surface area (TPSA) is 9.23 Å². The molecule has 0 fully saturated rings. The van der Waals surface area contributed by atoms with E-state index in [1.807, 2.05) is 0 Å². The van der Waals surface area contributed by atoms with Crippen molar-refractivity contribution >= 4 is 25.0 Å². The SMILES string of the molecule is C[SiH](C)OCCCCBr. The molecule has 0 saturated heterocycles. The monoisotopic (exact) mass is 210 g/mol. The van der Waals surface area contributed by atoms with E-state index in [9.17, 15) is 0 Å². The van der Waals surface area contributed by atoms with E-state index in [0.29, 0.717) is 0 Å². The van der Waals surface area contributed by atoms with Crippen LogP contribution in [0.25, 0.3) is 0 Å². The van der Waals surface area contributed by atoms with Gasteiger partial charge in [-0.05, 0) is 25.9 Å². The predicted octanol–water partition coefficient (Wildman–Crippen LogP) is 2.16. The Bertz CT molecular complexity index is 59.0. The highest BCUT2D eigenvalue weighted by molar-refractivity contribution is 9.09. The fraction of sp³-hybridized carbons (Fsp3) is 1.00. The third kappa shape index (κ3) is 8.66. The number of unbranched alkanes of at least 4 members (excludes halogenated alkanes) is 1. The fourth-order valence-corrected chi connectivity index (χ4v) is 1.55. The molecule has 0 aliphatic carbocycles. The normalized spacial score (nSPS) is 10.7. The average Bonchev–Trinajstić information content (AvgIpc) is 1.80. The molecule has 3 heteroatoms. The van der Waals surface area contributed by atoms with Crippen molar-refractivity contribution in [3.63, 3.8) is 0 Å². The van der Waals surface area contributed by atoms with Crippen LogP contribution < -0.4 is 0 Å². The molecule has 0 unspecified atom stereocenters. The van der Waals surface area contributed by atoms with Gasteiger partial charge in [-0.3, -0.25) is 0 Å². The maximum absolute atomic E-state index is 5.46. The van der Waals surface area contributed by atoms with Gasteiger partial charge < -0.3 is 4.43 Å². The molecule has 0 aromatic carbocycles. The summed E-state index contributed by atoms with van der Waals surface area (Å²) in [5.41, 5.74) is 0. The standard InChI is InChI=1S/C6H15BrOSi/c1-9(2)8-6-4-3-5-7/h9H,3-6H2,1-2H3. The van der Waals surface area contributed by atoms with Crippen LogP contribution in [-0.4, -0.2) is 21.0 Å². The third-order valence-electron chi connectivity index (χ3n) is 0.979. The van der Waals surface area contributed by atoms with Crippen molar-refractivity contribution in [3.8, 4) is 0 Å². The largest absolute Gasteiger partial charge is 0.421 e. The van der Waals surface area contributed by atoms with Crippen molar-refractivity contribution in [2.45, 2.75) is 25.9 Å². The molecule has 0 bridgehead atoms. The summed E-state index contributed by atoms with van der Waals surface area (Å²) in [6, 6.07) is 0. The molecule has 0 radical (unpaired) electrons. The summed E-state index contributed by atoms with van der Waals surface area (Å²) in [6.07, 6.45) is 2.44. The molecule has 0 spiro atoms. The Balaban J connectivity index is 2.75. The predicted molar refractivity (Wildman–Crippen MR) is 47.9 cm³/mol. The molecule has 0 aromatic rings. The Morgan fingerprint density at radius 1 is 1.33 bits per heavy atom. The van der Waals surface area contributed by atoms with Gasteiger partial charge in [-0.1, -0.05) is 15.9 Å². The second-order valence-electron chi connectivity index (χ2n) is 2.32. The van der Waals surface area contributed by atoms with E-state index in [0.717, 1.165) is 11.9 Å². The van der Waals surface area contributed by atoms with Gasteiger partial charge in [0.25, 0.3) is 0 Å². The van der Waals surface area contributed by atoms with Gasteiger partial charge in [-0.25, -0.2) is 0 Å². The summed E-state index contributed by atoms with van der Waals surface area (Å²) in [5.74, 6) is 0. The highest BCUT2D eigenvalue weighted by Gasteiger charge is 1.93. The Hall–Kier alpha value is 0.657. The smallest absolute Gasteiger partial charge is 0.170 e. The Morgan fingerprint density at radius 3 is 2.44 bits per heavy atom. The molecule has 1 nitrogen and oxygen atoms in total. The lowest BCUT2D eigenvalue weighted by molar-refractivity contribution is 0.318. The second kappa shape index (κ2) is 6.77. The summed E-state index contributed by atoms with van der Waals surface area (Å²) < 4.78 is 5.46. The van der Waals surface area contributed by atoms with Crippen molar-refractivity contribution in [2.24, 2.45) is 0 Å². The average molecular weight is 211 g/mol. The number of halogens is 1. The van der Waals surface area contributed by atoms with Crippen molar-refractivity contribution in [3.05, 3.63) is 0 Å². The van der Waals surface area contributed by atoms with Crippen LogP contribution in [0.3, 0.4) is 0 Å². The van der Waals surface area contributed by atoms with Crippen molar-refractivity contribution in [1.82, 2.24) is 0 Å². The molecule has 56 valence electrons. The summed E-state index contributed by atoms with van der Waals surface area (Å²) in [5, 5.41) is 1.11. The Labute approximate surface area is 67.6 Å². The minimum atomic E-state index is -0.728. The first-order valence-electron chi connectivity index (χ1n) is 3.45. The minimum absolute atomic E-state index is 0.728. The molecular weight excluding hydrogens is 196 g/mol. The first-order chi connectivity index (χ1) is 4.27. The van der Waals surface area contributed by atoms with Gasteiger partial charge in [-0.2, -0.15) is 0 Å². The molecular formula is C6H15BrOSi. The van der Waals surface area contributed by atoms with Crippen molar-refractivity contribution < 1.29 is 4.43 Å². The van der Waals surface area contributed by atoms with E-state index >= 15 is 0 Å². The quantitative estimate of drug-likeness (QED) is 0.384. The lowest BCUT2D eigenvalue weighted by Crippen LogP contribution is -2.08. The van der Waals surface area contributed by atoms with Crippen molar-refractivity contribution in [1.29, 1.82) is 0 Å². The summed E-state index contributed by atoms with van der Waals surface area (Å²) in [7, 11) is -0.728. The van der Waals surface area contributed by atoms with Crippen LogP contribution in [0.4, 0.5) is 0 Å². The van der Waals surface area contributed by atoms with Gasteiger partial charge in [0, 0.05) is 11.9 Å². The van der Waals surface area contributed by atoms with Crippen LogP contribution in [-0.2, 0) is 4.43 Å². The first-order valence-corrected chi connectivity index (χ1v) is 7.35. The van der Waals surface area contributed by atoms with E-state index in [1.165, 1.54) is 12.8 Å². The highest BCUT2D eigenvalue weighted by atomic mass is 79.9. The number of rotatable bonds is 5. The fourth-order valence-electron chi connectivity index (χ4n) is 0.516. The van der Waals surface area contributed by atoms with E-state index in [1.54, 1.807) is 0 Å². The van der Waals surface area contributed by atoms with Crippen molar-refractivity contribution in [2.75, 3.05) is 11.9 Å². The minimum Gasteiger partial charge on any atom is -0.421 e. The maximum atomic E-state index is 5.46. The lowest BCUT2D eigenvalue weighted by atomic mass is 10.4.